The van der Waals surface area contributed by atoms with E-state index in [1.807, 2.05) is 24.6 Å². The van der Waals surface area contributed by atoms with Gasteiger partial charge in [0.15, 0.2) is 11.8 Å². The van der Waals surface area contributed by atoms with Gasteiger partial charge < -0.3 is 20.1 Å². The van der Waals surface area contributed by atoms with Gasteiger partial charge in [0.2, 0.25) is 5.95 Å². The molecule has 0 saturated carbocycles. The van der Waals surface area contributed by atoms with E-state index in [2.05, 4.69) is 40.7 Å². The van der Waals surface area contributed by atoms with E-state index < -0.39 is 0 Å². The summed E-state index contributed by atoms with van der Waals surface area (Å²) >= 11 is 0. The van der Waals surface area contributed by atoms with Crippen molar-refractivity contribution in [2.45, 2.75) is 32.4 Å². The molecule has 0 spiro atoms. The van der Waals surface area contributed by atoms with Crippen molar-refractivity contribution in [3.8, 4) is 0 Å². The summed E-state index contributed by atoms with van der Waals surface area (Å²) in [5, 5.41) is 15.0. The second kappa shape index (κ2) is 9.64. The van der Waals surface area contributed by atoms with Crippen LogP contribution in [0.4, 0.5) is 5.95 Å². The molecule has 0 aliphatic carbocycles. The van der Waals surface area contributed by atoms with Crippen LogP contribution < -0.4 is 15.5 Å². The Bertz CT molecular complexity index is 716. The zero-order valence-corrected chi connectivity index (χ0v) is 17.7. The molecule has 2 N–H and O–H groups in total. The Morgan fingerprint density at radius 3 is 2.73 bits per heavy atom. The number of hydrogen-bond donors (Lipinski definition) is 2. The molecule has 1 unspecified atom stereocenters. The van der Waals surface area contributed by atoms with E-state index in [0.717, 1.165) is 49.5 Å². The van der Waals surface area contributed by atoms with E-state index in [0.29, 0.717) is 12.6 Å². The van der Waals surface area contributed by atoms with Crippen LogP contribution in [0.3, 0.4) is 0 Å². The number of piperidine rings is 1. The number of aliphatic imine (C=N–C) groups is 1. The van der Waals surface area contributed by atoms with Crippen molar-refractivity contribution in [2.75, 3.05) is 25.0 Å². The average molecular weight is 471 g/mol. The van der Waals surface area contributed by atoms with Crippen molar-refractivity contribution in [1.82, 2.24) is 35.4 Å². The van der Waals surface area contributed by atoms with Gasteiger partial charge in [0.1, 0.15) is 5.82 Å². The van der Waals surface area contributed by atoms with Gasteiger partial charge in [-0.05, 0) is 25.8 Å². The molecule has 26 heavy (non-hydrogen) atoms. The van der Waals surface area contributed by atoms with Gasteiger partial charge >= 0.3 is 0 Å². The number of nitrogens with one attached hydrogen (secondary N) is 2. The molecule has 0 bridgehead atoms. The van der Waals surface area contributed by atoms with E-state index >= 15 is 0 Å². The highest BCUT2D eigenvalue weighted by Crippen LogP contribution is 2.15. The number of rotatable bonds is 4. The van der Waals surface area contributed by atoms with Gasteiger partial charge in [-0.2, -0.15) is 0 Å². The van der Waals surface area contributed by atoms with Crippen LogP contribution in [0.15, 0.2) is 23.5 Å². The summed E-state index contributed by atoms with van der Waals surface area (Å²) in [6.07, 6.45) is 5.74. The number of anilines is 1. The van der Waals surface area contributed by atoms with Gasteiger partial charge in [0.05, 0.1) is 6.54 Å². The molecule has 142 valence electrons. The molecule has 3 rings (SSSR count). The molecular formula is C16H26IN9. The summed E-state index contributed by atoms with van der Waals surface area (Å²) in [5.74, 6) is 3.32. The highest BCUT2D eigenvalue weighted by molar-refractivity contribution is 14.0. The minimum Gasteiger partial charge on any atom is -0.352 e. The van der Waals surface area contributed by atoms with Crippen LogP contribution in [0.25, 0.3) is 0 Å². The molecule has 10 heteroatoms. The molecule has 1 aliphatic heterocycles. The topological polar surface area (TPSA) is 96.1 Å². The molecule has 1 saturated heterocycles. The zero-order chi connectivity index (χ0) is 17.6. The minimum absolute atomic E-state index is 0. The van der Waals surface area contributed by atoms with Crippen LogP contribution in [0.5, 0.6) is 0 Å². The quantitative estimate of drug-likeness (QED) is 0.388. The zero-order valence-electron chi connectivity index (χ0n) is 15.4. The first-order valence-electron chi connectivity index (χ1n) is 8.51. The van der Waals surface area contributed by atoms with Crippen molar-refractivity contribution in [2.24, 2.45) is 12.0 Å². The van der Waals surface area contributed by atoms with Gasteiger partial charge in [0.25, 0.3) is 0 Å². The maximum absolute atomic E-state index is 4.35. The Hall–Kier alpha value is -1.98. The first-order valence-corrected chi connectivity index (χ1v) is 8.51. The predicted octanol–water partition coefficient (Wildman–Crippen LogP) is 0.866. The number of nitrogens with zero attached hydrogens (tertiary/aromatic N) is 7. The first kappa shape index (κ1) is 20.3. The lowest BCUT2D eigenvalue weighted by atomic mass is 10.1. The minimum atomic E-state index is 0. The van der Waals surface area contributed by atoms with E-state index in [9.17, 15) is 0 Å². The lowest BCUT2D eigenvalue weighted by molar-refractivity contribution is 0.462. The summed E-state index contributed by atoms with van der Waals surface area (Å²) in [5.41, 5.74) is 0. The third kappa shape index (κ3) is 5.02. The van der Waals surface area contributed by atoms with Crippen LogP contribution in [0, 0.1) is 6.92 Å². The van der Waals surface area contributed by atoms with Crippen LogP contribution in [-0.2, 0) is 13.6 Å². The van der Waals surface area contributed by atoms with Crippen LogP contribution in [0.2, 0.25) is 0 Å². The third-order valence-electron chi connectivity index (χ3n) is 4.42. The summed E-state index contributed by atoms with van der Waals surface area (Å²) in [6.45, 7) is 4.35. The summed E-state index contributed by atoms with van der Waals surface area (Å²) in [7, 11) is 3.74. The largest absolute Gasteiger partial charge is 0.352 e. The Morgan fingerprint density at radius 1 is 1.31 bits per heavy atom. The Balaban J connectivity index is 0.00000243. The second-order valence-electron chi connectivity index (χ2n) is 6.13. The molecule has 2 aromatic rings. The fraction of sp³-hybridized carbons (Fsp3) is 0.562. The lowest BCUT2D eigenvalue weighted by Gasteiger charge is -2.33. The maximum Gasteiger partial charge on any atom is 0.225 e. The standard InChI is InChI=1S/C16H25N9.HI/c1-12-22-23-14(24(12)3)10-20-15(17-2)21-13-6-4-9-25(11-13)16-18-7-5-8-19-16;/h5,7-8,13H,4,6,9-11H2,1-3H3,(H2,17,20,21);1H. The molecule has 0 aromatic carbocycles. The summed E-state index contributed by atoms with van der Waals surface area (Å²) in [4.78, 5) is 15.2. The van der Waals surface area contributed by atoms with Crippen molar-refractivity contribution >= 4 is 35.9 Å². The highest BCUT2D eigenvalue weighted by atomic mass is 127. The molecule has 3 heterocycles. The van der Waals surface area contributed by atoms with E-state index in [4.69, 9.17) is 0 Å². The van der Waals surface area contributed by atoms with Gasteiger partial charge in [-0.15, -0.1) is 34.2 Å². The fourth-order valence-corrected chi connectivity index (χ4v) is 2.89. The fourth-order valence-electron chi connectivity index (χ4n) is 2.89. The Morgan fingerprint density at radius 2 is 2.08 bits per heavy atom. The van der Waals surface area contributed by atoms with Crippen molar-refractivity contribution in [1.29, 1.82) is 0 Å². The van der Waals surface area contributed by atoms with Crippen LogP contribution >= 0.6 is 24.0 Å². The molecule has 1 aliphatic rings. The molecule has 0 radical (unpaired) electrons. The van der Waals surface area contributed by atoms with Crippen LogP contribution in [0.1, 0.15) is 24.5 Å². The molecule has 1 fully saturated rings. The highest BCUT2D eigenvalue weighted by Gasteiger charge is 2.22. The number of aryl methyl sites for hydroxylation is 1. The molecule has 9 nitrogen and oxygen atoms in total. The van der Waals surface area contributed by atoms with Crippen LogP contribution in [-0.4, -0.2) is 56.9 Å². The van der Waals surface area contributed by atoms with Crippen molar-refractivity contribution in [3.05, 3.63) is 30.1 Å². The monoisotopic (exact) mass is 471 g/mol. The van der Waals surface area contributed by atoms with E-state index in [-0.39, 0.29) is 24.0 Å². The Kier molecular flexibility index (Phi) is 7.54. The third-order valence-corrected chi connectivity index (χ3v) is 4.42. The number of guanidine groups is 1. The predicted molar refractivity (Wildman–Crippen MR) is 112 cm³/mol. The SMILES string of the molecule is CN=C(NCc1nnc(C)n1C)NC1CCCN(c2ncccn2)C1.I. The maximum atomic E-state index is 4.35. The van der Waals surface area contributed by atoms with E-state index in [1.54, 1.807) is 19.4 Å². The molecule has 1 atom stereocenters. The van der Waals surface area contributed by atoms with Crippen molar-refractivity contribution < 1.29 is 0 Å². The molecule has 2 aromatic heterocycles. The van der Waals surface area contributed by atoms with E-state index in [1.165, 1.54) is 0 Å². The Labute approximate surface area is 170 Å². The van der Waals surface area contributed by atoms with Gasteiger partial charge in [0, 0.05) is 45.6 Å². The van der Waals surface area contributed by atoms with Gasteiger partial charge in [-0.3, -0.25) is 4.99 Å². The normalized spacial score (nSPS) is 17.6. The summed E-state index contributed by atoms with van der Waals surface area (Å²) < 4.78 is 1.97. The smallest absolute Gasteiger partial charge is 0.225 e. The van der Waals surface area contributed by atoms with Gasteiger partial charge in [-0.1, -0.05) is 0 Å². The van der Waals surface area contributed by atoms with Gasteiger partial charge in [-0.25, -0.2) is 9.97 Å². The molecular weight excluding hydrogens is 445 g/mol. The second-order valence-corrected chi connectivity index (χ2v) is 6.13. The molecule has 0 amide bonds. The lowest BCUT2D eigenvalue weighted by Crippen LogP contribution is -2.51. The number of hydrogen-bond acceptors (Lipinski definition) is 6. The first-order chi connectivity index (χ1) is 12.2. The number of halogens is 1. The van der Waals surface area contributed by atoms with Crippen molar-refractivity contribution in [3.63, 3.8) is 0 Å². The average Bonchev–Trinajstić information content (AvgIpc) is 2.98. The number of aromatic nitrogens is 5. The summed E-state index contributed by atoms with van der Waals surface area (Å²) in [6, 6.07) is 2.13.